The van der Waals surface area contributed by atoms with E-state index in [2.05, 4.69) is 5.32 Å². The highest BCUT2D eigenvalue weighted by molar-refractivity contribution is 5.87. The van der Waals surface area contributed by atoms with E-state index in [1.54, 1.807) is 0 Å². The standard InChI is InChI=1S/C9H16N2O4/c1-6(2)11-9(14)7(3)15-4-8(13)10-5-12/h5-7H,4H2,1-3H3,(H,11,14)(H,10,12,13). The third-order valence-electron chi connectivity index (χ3n) is 1.48. The molecule has 0 aromatic rings. The van der Waals surface area contributed by atoms with Crippen LogP contribution in [0, 0.1) is 0 Å². The Kier molecular flexibility index (Phi) is 6.28. The lowest BCUT2D eigenvalue weighted by molar-refractivity contribution is -0.137. The maximum atomic E-state index is 11.3. The molecule has 0 rings (SSSR count). The minimum absolute atomic E-state index is 0.0207. The number of nitrogens with one attached hydrogen (secondary N) is 2. The molecule has 3 amide bonds. The van der Waals surface area contributed by atoms with Crippen molar-refractivity contribution >= 4 is 18.2 Å². The molecule has 0 aliphatic carbocycles. The summed E-state index contributed by atoms with van der Waals surface area (Å²) in [5.41, 5.74) is 0. The van der Waals surface area contributed by atoms with Crippen LogP contribution >= 0.6 is 0 Å². The molecular weight excluding hydrogens is 200 g/mol. The van der Waals surface area contributed by atoms with Gasteiger partial charge in [0.15, 0.2) is 0 Å². The van der Waals surface area contributed by atoms with Crippen LogP contribution < -0.4 is 10.6 Å². The van der Waals surface area contributed by atoms with Crippen LogP contribution in [0.3, 0.4) is 0 Å². The second kappa shape index (κ2) is 6.94. The van der Waals surface area contributed by atoms with E-state index in [1.165, 1.54) is 6.92 Å². The van der Waals surface area contributed by atoms with Gasteiger partial charge in [-0.2, -0.15) is 0 Å². The van der Waals surface area contributed by atoms with Crippen LogP contribution in [0.15, 0.2) is 0 Å². The largest absolute Gasteiger partial charge is 0.359 e. The van der Waals surface area contributed by atoms with Crippen molar-refractivity contribution in [2.24, 2.45) is 0 Å². The Hall–Kier alpha value is -1.43. The van der Waals surface area contributed by atoms with Crippen molar-refractivity contribution in [2.45, 2.75) is 32.9 Å². The van der Waals surface area contributed by atoms with Gasteiger partial charge in [-0.25, -0.2) is 0 Å². The van der Waals surface area contributed by atoms with E-state index in [9.17, 15) is 14.4 Å². The molecule has 6 heteroatoms. The van der Waals surface area contributed by atoms with Crippen LogP contribution in [0.2, 0.25) is 0 Å². The summed E-state index contributed by atoms with van der Waals surface area (Å²) in [5, 5.41) is 4.54. The van der Waals surface area contributed by atoms with Gasteiger partial charge in [-0.1, -0.05) is 0 Å². The summed E-state index contributed by atoms with van der Waals surface area (Å²) in [6.07, 6.45) is -0.449. The van der Waals surface area contributed by atoms with Gasteiger partial charge in [0, 0.05) is 6.04 Å². The zero-order valence-corrected chi connectivity index (χ0v) is 9.07. The number of carbonyl (C=O) groups excluding carboxylic acids is 3. The molecule has 2 N–H and O–H groups in total. The molecule has 1 atom stereocenters. The Bertz CT molecular complexity index is 240. The van der Waals surface area contributed by atoms with E-state index in [0.717, 1.165) is 0 Å². The van der Waals surface area contributed by atoms with Gasteiger partial charge in [0.25, 0.3) is 5.91 Å². The minimum Gasteiger partial charge on any atom is -0.359 e. The van der Waals surface area contributed by atoms with Gasteiger partial charge in [0.2, 0.25) is 12.3 Å². The van der Waals surface area contributed by atoms with Gasteiger partial charge >= 0.3 is 0 Å². The lowest BCUT2D eigenvalue weighted by Crippen LogP contribution is -2.40. The molecule has 0 bridgehead atoms. The van der Waals surface area contributed by atoms with Gasteiger partial charge in [-0.15, -0.1) is 0 Å². The Morgan fingerprint density at radius 3 is 2.40 bits per heavy atom. The molecule has 86 valence electrons. The van der Waals surface area contributed by atoms with Gasteiger partial charge in [-0.3, -0.25) is 19.7 Å². The summed E-state index contributed by atoms with van der Waals surface area (Å²) in [5.74, 6) is -0.863. The summed E-state index contributed by atoms with van der Waals surface area (Å²) < 4.78 is 4.94. The second-order valence-electron chi connectivity index (χ2n) is 3.30. The van der Waals surface area contributed by atoms with Crippen LogP contribution in [0.25, 0.3) is 0 Å². The maximum absolute atomic E-state index is 11.3. The predicted octanol–water partition coefficient (Wildman–Crippen LogP) is -0.811. The van der Waals surface area contributed by atoms with Crippen molar-refractivity contribution in [3.63, 3.8) is 0 Å². The SMILES string of the molecule is CC(C)NC(=O)C(C)OCC(=O)NC=O. The fraction of sp³-hybridized carbons (Fsp3) is 0.667. The highest BCUT2D eigenvalue weighted by atomic mass is 16.5. The molecule has 0 heterocycles. The van der Waals surface area contributed by atoms with Crippen molar-refractivity contribution in [2.75, 3.05) is 6.61 Å². The quantitative estimate of drug-likeness (QED) is 0.569. The van der Waals surface area contributed by atoms with Crippen LogP contribution in [0.4, 0.5) is 0 Å². The van der Waals surface area contributed by atoms with E-state index in [4.69, 9.17) is 4.74 Å². The van der Waals surface area contributed by atoms with E-state index in [0.29, 0.717) is 0 Å². The highest BCUT2D eigenvalue weighted by Gasteiger charge is 2.15. The normalized spacial score (nSPS) is 12.0. The topological polar surface area (TPSA) is 84.5 Å². The second-order valence-corrected chi connectivity index (χ2v) is 3.30. The van der Waals surface area contributed by atoms with Crippen molar-refractivity contribution in [1.29, 1.82) is 0 Å². The van der Waals surface area contributed by atoms with Crippen molar-refractivity contribution in [3.05, 3.63) is 0 Å². The number of hydrogen-bond acceptors (Lipinski definition) is 4. The lowest BCUT2D eigenvalue weighted by atomic mass is 10.3. The van der Waals surface area contributed by atoms with Crippen molar-refractivity contribution in [3.8, 4) is 0 Å². The Morgan fingerprint density at radius 2 is 1.93 bits per heavy atom. The smallest absolute Gasteiger partial charge is 0.252 e. The van der Waals surface area contributed by atoms with E-state index < -0.39 is 12.0 Å². The summed E-state index contributed by atoms with van der Waals surface area (Å²) in [6, 6.07) is 0.0207. The molecule has 6 nitrogen and oxygen atoms in total. The number of rotatable bonds is 6. The van der Waals surface area contributed by atoms with Gasteiger partial charge in [0.1, 0.15) is 12.7 Å². The molecule has 0 saturated carbocycles. The Morgan fingerprint density at radius 1 is 1.33 bits per heavy atom. The Labute approximate surface area is 88.4 Å². The van der Waals surface area contributed by atoms with Crippen LogP contribution in [-0.2, 0) is 19.1 Å². The first-order valence-corrected chi connectivity index (χ1v) is 4.62. The van der Waals surface area contributed by atoms with E-state index in [-0.39, 0.29) is 25.0 Å². The first kappa shape index (κ1) is 13.6. The highest BCUT2D eigenvalue weighted by Crippen LogP contribution is 1.91. The van der Waals surface area contributed by atoms with Gasteiger partial charge < -0.3 is 10.1 Å². The molecule has 0 aliphatic rings. The molecule has 0 aromatic carbocycles. The molecule has 0 aromatic heterocycles. The third kappa shape index (κ3) is 6.62. The van der Waals surface area contributed by atoms with Crippen molar-refractivity contribution in [1.82, 2.24) is 10.6 Å². The first-order chi connectivity index (χ1) is 6.97. The molecule has 0 fully saturated rings. The minimum atomic E-state index is -0.718. The van der Waals surface area contributed by atoms with Crippen LogP contribution in [0.5, 0.6) is 0 Å². The summed E-state index contributed by atoms with van der Waals surface area (Å²) in [7, 11) is 0. The average Bonchev–Trinajstić information content (AvgIpc) is 2.13. The first-order valence-electron chi connectivity index (χ1n) is 4.62. The predicted molar refractivity (Wildman–Crippen MR) is 52.9 cm³/mol. The zero-order valence-electron chi connectivity index (χ0n) is 9.07. The monoisotopic (exact) mass is 216 g/mol. The number of imide groups is 1. The van der Waals surface area contributed by atoms with Crippen LogP contribution in [0.1, 0.15) is 20.8 Å². The third-order valence-corrected chi connectivity index (χ3v) is 1.48. The molecule has 0 aliphatic heterocycles. The number of carbonyl (C=O) groups is 3. The van der Waals surface area contributed by atoms with Crippen LogP contribution in [-0.4, -0.2) is 37.0 Å². The van der Waals surface area contributed by atoms with Gasteiger partial charge in [0.05, 0.1) is 0 Å². The fourth-order valence-electron chi connectivity index (χ4n) is 0.786. The van der Waals surface area contributed by atoms with Crippen molar-refractivity contribution < 1.29 is 19.1 Å². The molecule has 1 unspecified atom stereocenters. The molecule has 15 heavy (non-hydrogen) atoms. The lowest BCUT2D eigenvalue weighted by Gasteiger charge is -2.14. The zero-order chi connectivity index (χ0) is 11.8. The summed E-state index contributed by atoms with van der Waals surface area (Å²) >= 11 is 0. The maximum Gasteiger partial charge on any atom is 0.252 e. The molecule has 0 spiro atoms. The summed E-state index contributed by atoms with van der Waals surface area (Å²) in [4.78, 5) is 32.0. The number of amides is 3. The number of hydrogen-bond donors (Lipinski definition) is 2. The summed E-state index contributed by atoms with van der Waals surface area (Å²) in [6.45, 7) is 4.87. The van der Waals surface area contributed by atoms with E-state index >= 15 is 0 Å². The fourth-order valence-corrected chi connectivity index (χ4v) is 0.786. The average molecular weight is 216 g/mol. The van der Waals surface area contributed by atoms with E-state index in [1.807, 2.05) is 19.2 Å². The van der Waals surface area contributed by atoms with Gasteiger partial charge in [-0.05, 0) is 20.8 Å². The number of ether oxygens (including phenoxy) is 1. The molecule has 0 saturated heterocycles. The Balaban J connectivity index is 3.82. The molecule has 0 radical (unpaired) electrons. The molecular formula is C9H16N2O4.